The Bertz CT molecular complexity index is 1540. The van der Waals surface area contributed by atoms with Crippen molar-refractivity contribution in [3.63, 3.8) is 0 Å². The van der Waals surface area contributed by atoms with E-state index in [1.54, 1.807) is 16.3 Å². The van der Waals surface area contributed by atoms with Crippen molar-refractivity contribution in [3.05, 3.63) is 145 Å². The molecule has 0 bridgehead atoms. The van der Waals surface area contributed by atoms with Gasteiger partial charge in [0.1, 0.15) is 8.07 Å². The van der Waals surface area contributed by atoms with E-state index in [-0.39, 0.29) is 53.5 Å². The van der Waals surface area contributed by atoms with Crippen LogP contribution in [0.1, 0.15) is 94.2 Å². The summed E-state index contributed by atoms with van der Waals surface area (Å²) in [6, 6.07) is 49.7. The van der Waals surface area contributed by atoms with Gasteiger partial charge in [-0.25, -0.2) is 18.2 Å². The Hall–Kier alpha value is -2.04. The van der Waals surface area contributed by atoms with Gasteiger partial charge in [-0.1, -0.05) is 204 Å². The molecule has 50 heavy (non-hydrogen) atoms. The molecule has 0 spiro atoms. The van der Waals surface area contributed by atoms with Crippen molar-refractivity contribution in [2.45, 2.75) is 116 Å². The summed E-state index contributed by atoms with van der Waals surface area (Å²) in [4.78, 5) is 0. The van der Waals surface area contributed by atoms with Crippen LogP contribution in [0.2, 0.25) is 0 Å². The zero-order valence-corrected chi connectivity index (χ0v) is 36.8. The van der Waals surface area contributed by atoms with Crippen molar-refractivity contribution in [1.29, 1.82) is 0 Å². The minimum atomic E-state index is -2.63. The standard InChI is InChI=1S/C41H57P2Si.C5H5.Fe/c1-38(2,3)42(39(4,5)6)30-32-28-29-37(36(32)31-43(40(7,8)9)41(10,11)12)44(33-22-16-13-17-23-33,34-24-18-14-19-25-34)35-26-20-15-21-27-35;1-2-4-5-3-1;/h13-29H,30-31H2,1-12H3;1-5H;/q2*-1;+2. The average Bonchev–Trinajstić information content (AvgIpc) is 3.73. The van der Waals surface area contributed by atoms with Crippen molar-refractivity contribution < 1.29 is 17.1 Å². The summed E-state index contributed by atoms with van der Waals surface area (Å²) in [6.45, 7) is 29.8. The van der Waals surface area contributed by atoms with Crippen LogP contribution in [-0.2, 0) is 29.4 Å². The normalized spacial score (nSPS) is 12.8. The van der Waals surface area contributed by atoms with Crippen LogP contribution in [0.4, 0.5) is 0 Å². The minimum Gasteiger partial charge on any atom is -0.214 e. The molecule has 0 aliphatic heterocycles. The van der Waals surface area contributed by atoms with Crippen LogP contribution >= 0.6 is 15.8 Å². The summed E-state index contributed by atoms with van der Waals surface area (Å²) in [7, 11) is -3.24. The SMILES string of the molecule is CC(C)(C)P(Cc1cc[c-]([Si](c2ccccc2)(c2ccccc2)c2ccccc2)c1CP(C(C)(C)C)C(C)(C)C)C(C)(C)C.[Fe+2].c1cc[cH-]c1. The quantitative estimate of drug-likeness (QED) is 0.0640. The van der Waals surface area contributed by atoms with E-state index in [0.717, 1.165) is 0 Å². The van der Waals surface area contributed by atoms with Crippen LogP contribution in [0.5, 0.6) is 0 Å². The molecule has 0 heterocycles. The van der Waals surface area contributed by atoms with Gasteiger partial charge < -0.3 is 0 Å². The first-order chi connectivity index (χ1) is 22.9. The number of hydrogen-bond acceptors (Lipinski definition) is 0. The van der Waals surface area contributed by atoms with Crippen LogP contribution in [-0.4, -0.2) is 28.7 Å². The molecule has 0 amide bonds. The molecule has 5 aromatic carbocycles. The predicted octanol–water partition coefficient (Wildman–Crippen LogP) is 11.3. The van der Waals surface area contributed by atoms with Crippen LogP contribution in [0.3, 0.4) is 0 Å². The molecule has 0 saturated carbocycles. The fraction of sp³-hybridized carbons (Fsp3) is 0.391. The van der Waals surface area contributed by atoms with E-state index in [0.29, 0.717) is 0 Å². The maximum atomic E-state index is 2.58. The monoisotopic (exact) mass is 760 g/mol. The summed E-state index contributed by atoms with van der Waals surface area (Å²) in [5.74, 6) is 0. The second-order valence-electron chi connectivity index (χ2n) is 17.4. The Morgan fingerprint density at radius 3 is 1.12 bits per heavy atom. The van der Waals surface area contributed by atoms with Gasteiger partial charge in [0.25, 0.3) is 0 Å². The number of hydrogen-bond donors (Lipinski definition) is 0. The molecule has 4 heteroatoms. The van der Waals surface area contributed by atoms with Crippen LogP contribution in [0.15, 0.2) is 133 Å². The molecular formula is C46H62FeP2Si. The molecule has 5 rings (SSSR count). The van der Waals surface area contributed by atoms with Gasteiger partial charge in [-0.15, -0.1) is 13.1 Å². The molecule has 0 saturated heterocycles. The van der Waals surface area contributed by atoms with Crippen molar-refractivity contribution in [2.24, 2.45) is 0 Å². The van der Waals surface area contributed by atoms with Crippen molar-refractivity contribution in [3.8, 4) is 0 Å². The Balaban J connectivity index is 0.00000103. The van der Waals surface area contributed by atoms with Gasteiger partial charge in [0.15, 0.2) is 0 Å². The molecule has 0 radical (unpaired) electrons. The van der Waals surface area contributed by atoms with Gasteiger partial charge in [0.05, 0.1) is 0 Å². The smallest absolute Gasteiger partial charge is 0.214 e. The third kappa shape index (κ3) is 10.1. The molecule has 0 unspecified atom stereocenters. The molecule has 0 aliphatic rings. The van der Waals surface area contributed by atoms with Gasteiger partial charge in [-0.3, -0.25) is 0 Å². The average molecular weight is 761 g/mol. The molecular weight excluding hydrogens is 698 g/mol. The minimum absolute atomic E-state index is 0. The fourth-order valence-electron chi connectivity index (χ4n) is 7.89. The fourth-order valence-corrected chi connectivity index (χ4v) is 20.3. The van der Waals surface area contributed by atoms with Crippen molar-refractivity contribution in [1.82, 2.24) is 0 Å². The zero-order chi connectivity index (χ0) is 36.1. The largest absolute Gasteiger partial charge is 2.00 e. The molecule has 0 aliphatic carbocycles. The van der Waals surface area contributed by atoms with E-state index < -0.39 is 8.07 Å². The maximum Gasteiger partial charge on any atom is 2.00 e. The Kier molecular flexibility index (Phi) is 14.6. The van der Waals surface area contributed by atoms with E-state index in [1.165, 1.54) is 27.9 Å². The molecule has 5 aromatic rings. The van der Waals surface area contributed by atoms with E-state index in [9.17, 15) is 0 Å². The van der Waals surface area contributed by atoms with E-state index in [2.05, 4.69) is 186 Å². The summed E-state index contributed by atoms with van der Waals surface area (Å²) < 4.78 is 0. The second kappa shape index (κ2) is 17.2. The van der Waals surface area contributed by atoms with Crippen molar-refractivity contribution >= 4 is 44.7 Å². The van der Waals surface area contributed by atoms with Gasteiger partial charge in [-0.05, 0) is 26.8 Å². The molecule has 0 nitrogen and oxygen atoms in total. The second-order valence-corrected chi connectivity index (χ2v) is 28.9. The van der Waals surface area contributed by atoms with Crippen molar-refractivity contribution in [2.75, 3.05) is 0 Å². The molecule has 268 valence electrons. The van der Waals surface area contributed by atoms with Gasteiger partial charge >= 0.3 is 17.1 Å². The third-order valence-corrected chi connectivity index (χ3v) is 22.3. The third-order valence-electron chi connectivity index (χ3n) is 9.63. The molecule has 0 N–H and O–H groups in total. The van der Waals surface area contributed by atoms with E-state index in [1.807, 2.05) is 30.3 Å². The molecule has 0 aromatic heterocycles. The first-order valence-corrected chi connectivity index (χ1v) is 23.1. The summed E-state index contributed by atoms with van der Waals surface area (Å²) >= 11 is 0. The summed E-state index contributed by atoms with van der Waals surface area (Å²) in [5, 5.41) is 7.06. The number of benzene rings is 3. The Morgan fingerprint density at radius 2 is 0.820 bits per heavy atom. The molecule has 0 fully saturated rings. The topological polar surface area (TPSA) is 0 Å². The Labute approximate surface area is 320 Å². The summed E-state index contributed by atoms with van der Waals surface area (Å²) in [6.07, 6.45) is 2.34. The first-order valence-electron chi connectivity index (χ1n) is 18.0. The van der Waals surface area contributed by atoms with Crippen LogP contribution < -0.4 is 20.7 Å². The molecule has 0 atom stereocenters. The van der Waals surface area contributed by atoms with Gasteiger partial charge in [-0.2, -0.15) is 35.4 Å². The first kappa shape index (κ1) is 42.4. The zero-order valence-electron chi connectivity index (χ0n) is 32.9. The maximum absolute atomic E-state index is 2.63. The predicted molar refractivity (Wildman–Crippen MR) is 228 cm³/mol. The van der Waals surface area contributed by atoms with Crippen LogP contribution in [0, 0.1) is 0 Å². The summed E-state index contributed by atoms with van der Waals surface area (Å²) in [5.41, 5.74) is 3.27. The number of rotatable bonds is 8. The van der Waals surface area contributed by atoms with Gasteiger partial charge in [0, 0.05) is 0 Å². The Morgan fingerprint density at radius 1 is 0.480 bits per heavy atom. The van der Waals surface area contributed by atoms with E-state index >= 15 is 0 Å². The van der Waals surface area contributed by atoms with Gasteiger partial charge in [0.2, 0.25) is 0 Å². The van der Waals surface area contributed by atoms with E-state index in [4.69, 9.17) is 0 Å². The van der Waals surface area contributed by atoms with Crippen LogP contribution in [0.25, 0.3) is 0 Å².